The van der Waals surface area contributed by atoms with Gasteiger partial charge in [0.05, 0.1) is 19.3 Å². The van der Waals surface area contributed by atoms with Crippen LogP contribution in [0.4, 0.5) is 0 Å². The first-order valence-corrected chi connectivity index (χ1v) is 5.18. The van der Waals surface area contributed by atoms with Crippen molar-refractivity contribution in [1.29, 1.82) is 0 Å². The molecule has 0 fully saturated rings. The van der Waals surface area contributed by atoms with Crippen LogP contribution in [0.15, 0.2) is 18.2 Å². The van der Waals surface area contributed by atoms with Gasteiger partial charge in [0.1, 0.15) is 0 Å². The highest BCUT2D eigenvalue weighted by Crippen LogP contribution is 2.44. The summed E-state index contributed by atoms with van der Waals surface area (Å²) < 4.78 is 21.9. The molecule has 4 heteroatoms. The molecule has 1 aliphatic rings. The van der Waals surface area contributed by atoms with Crippen LogP contribution in [0.2, 0.25) is 0 Å². The summed E-state index contributed by atoms with van der Waals surface area (Å²) >= 11 is 0. The SMILES string of the molecule is COc1cccc2c1OCCC2(OC)OC. The summed E-state index contributed by atoms with van der Waals surface area (Å²) in [5.74, 6) is 0.693. The summed E-state index contributed by atoms with van der Waals surface area (Å²) in [6.45, 7) is 0.551. The molecule has 1 aromatic rings. The molecule has 1 aliphatic heterocycles. The minimum absolute atomic E-state index is 0.551. The molecule has 1 aromatic carbocycles. The Morgan fingerprint density at radius 2 is 1.94 bits per heavy atom. The number of hydrogen-bond acceptors (Lipinski definition) is 4. The molecule has 0 aromatic heterocycles. The zero-order valence-electron chi connectivity index (χ0n) is 9.78. The van der Waals surface area contributed by atoms with E-state index in [1.165, 1.54) is 0 Å². The predicted molar refractivity (Wildman–Crippen MR) is 58.8 cm³/mol. The minimum Gasteiger partial charge on any atom is -0.493 e. The topological polar surface area (TPSA) is 36.9 Å². The molecule has 88 valence electrons. The van der Waals surface area contributed by atoms with Crippen LogP contribution in [0, 0.1) is 0 Å². The lowest BCUT2D eigenvalue weighted by molar-refractivity contribution is -0.230. The van der Waals surface area contributed by atoms with Crippen LogP contribution in [0.25, 0.3) is 0 Å². The molecule has 0 atom stereocenters. The Morgan fingerprint density at radius 3 is 2.56 bits per heavy atom. The molecule has 0 saturated carbocycles. The van der Waals surface area contributed by atoms with Crippen LogP contribution in [-0.4, -0.2) is 27.9 Å². The van der Waals surface area contributed by atoms with E-state index in [9.17, 15) is 0 Å². The molecule has 4 nitrogen and oxygen atoms in total. The predicted octanol–water partition coefficient (Wildman–Crippen LogP) is 1.92. The Hall–Kier alpha value is -1.26. The van der Waals surface area contributed by atoms with Gasteiger partial charge >= 0.3 is 0 Å². The monoisotopic (exact) mass is 224 g/mol. The Bertz CT molecular complexity index is 371. The summed E-state index contributed by atoms with van der Waals surface area (Å²) in [5, 5.41) is 0. The maximum absolute atomic E-state index is 5.62. The Kier molecular flexibility index (Phi) is 3.03. The first-order valence-electron chi connectivity index (χ1n) is 5.18. The Morgan fingerprint density at radius 1 is 1.19 bits per heavy atom. The van der Waals surface area contributed by atoms with Gasteiger partial charge in [0.15, 0.2) is 11.5 Å². The van der Waals surface area contributed by atoms with Crippen molar-refractivity contribution in [2.24, 2.45) is 0 Å². The van der Waals surface area contributed by atoms with Crippen molar-refractivity contribution in [2.45, 2.75) is 12.2 Å². The molecular weight excluding hydrogens is 208 g/mol. The lowest BCUT2D eigenvalue weighted by atomic mass is 9.98. The van der Waals surface area contributed by atoms with Gasteiger partial charge in [-0.05, 0) is 12.1 Å². The summed E-state index contributed by atoms with van der Waals surface area (Å²) in [6, 6.07) is 5.70. The zero-order valence-corrected chi connectivity index (χ0v) is 9.78. The summed E-state index contributed by atoms with van der Waals surface area (Å²) in [7, 11) is 4.89. The lowest BCUT2D eigenvalue weighted by Gasteiger charge is -2.36. The first kappa shape index (κ1) is 11.2. The van der Waals surface area contributed by atoms with E-state index >= 15 is 0 Å². The van der Waals surface area contributed by atoms with Gasteiger partial charge in [-0.3, -0.25) is 0 Å². The third-order valence-electron chi connectivity index (χ3n) is 2.95. The molecule has 16 heavy (non-hydrogen) atoms. The molecule has 0 unspecified atom stereocenters. The molecule has 0 saturated heterocycles. The highest BCUT2D eigenvalue weighted by atomic mass is 16.7. The second-order valence-corrected chi connectivity index (χ2v) is 3.60. The number of rotatable bonds is 3. The van der Waals surface area contributed by atoms with Crippen LogP contribution in [-0.2, 0) is 15.3 Å². The Balaban J connectivity index is 2.54. The van der Waals surface area contributed by atoms with Crippen LogP contribution in [0.5, 0.6) is 11.5 Å². The van der Waals surface area contributed by atoms with Gasteiger partial charge in [-0.25, -0.2) is 0 Å². The van der Waals surface area contributed by atoms with E-state index in [-0.39, 0.29) is 0 Å². The van der Waals surface area contributed by atoms with E-state index in [0.29, 0.717) is 24.5 Å². The van der Waals surface area contributed by atoms with Crippen molar-refractivity contribution in [3.05, 3.63) is 23.8 Å². The van der Waals surface area contributed by atoms with Gasteiger partial charge in [-0.15, -0.1) is 0 Å². The van der Waals surface area contributed by atoms with Gasteiger partial charge < -0.3 is 18.9 Å². The number of methoxy groups -OCH3 is 3. The van der Waals surface area contributed by atoms with Gasteiger partial charge in [0, 0.05) is 20.6 Å². The highest BCUT2D eigenvalue weighted by molar-refractivity contribution is 5.49. The van der Waals surface area contributed by atoms with E-state index in [4.69, 9.17) is 18.9 Å². The highest BCUT2D eigenvalue weighted by Gasteiger charge is 2.39. The number of benzene rings is 1. The number of fused-ring (bicyclic) bond motifs is 1. The lowest BCUT2D eigenvalue weighted by Crippen LogP contribution is -2.36. The molecule has 1 heterocycles. The molecule has 2 rings (SSSR count). The van der Waals surface area contributed by atoms with E-state index in [1.54, 1.807) is 21.3 Å². The van der Waals surface area contributed by atoms with E-state index in [0.717, 1.165) is 5.56 Å². The smallest absolute Gasteiger partial charge is 0.201 e. The molecule has 0 bridgehead atoms. The summed E-state index contributed by atoms with van der Waals surface area (Å²) in [4.78, 5) is 0. The zero-order chi connectivity index (χ0) is 11.6. The largest absolute Gasteiger partial charge is 0.493 e. The second-order valence-electron chi connectivity index (χ2n) is 3.60. The van der Waals surface area contributed by atoms with Gasteiger partial charge in [0.25, 0.3) is 0 Å². The van der Waals surface area contributed by atoms with Crippen molar-refractivity contribution in [1.82, 2.24) is 0 Å². The number of ether oxygens (including phenoxy) is 4. The maximum Gasteiger partial charge on any atom is 0.201 e. The first-order chi connectivity index (χ1) is 7.77. The second kappa shape index (κ2) is 4.31. The van der Waals surface area contributed by atoms with Crippen molar-refractivity contribution in [3.63, 3.8) is 0 Å². The third-order valence-corrected chi connectivity index (χ3v) is 2.95. The minimum atomic E-state index is -0.720. The van der Waals surface area contributed by atoms with Crippen LogP contribution in [0.3, 0.4) is 0 Å². The molecule has 0 aliphatic carbocycles. The fourth-order valence-corrected chi connectivity index (χ4v) is 2.05. The van der Waals surface area contributed by atoms with Crippen molar-refractivity contribution in [3.8, 4) is 11.5 Å². The molecule has 0 N–H and O–H groups in total. The van der Waals surface area contributed by atoms with E-state index in [1.807, 2.05) is 18.2 Å². The fourth-order valence-electron chi connectivity index (χ4n) is 2.05. The normalized spacial score (nSPS) is 17.4. The Labute approximate surface area is 95.1 Å². The average molecular weight is 224 g/mol. The van der Waals surface area contributed by atoms with Crippen molar-refractivity contribution >= 4 is 0 Å². The van der Waals surface area contributed by atoms with Gasteiger partial charge in [-0.2, -0.15) is 0 Å². The summed E-state index contributed by atoms with van der Waals surface area (Å²) in [6.07, 6.45) is 0.667. The van der Waals surface area contributed by atoms with Crippen molar-refractivity contribution in [2.75, 3.05) is 27.9 Å². The van der Waals surface area contributed by atoms with Gasteiger partial charge in [0.2, 0.25) is 5.79 Å². The third kappa shape index (κ3) is 1.54. The van der Waals surface area contributed by atoms with Crippen LogP contribution in [0.1, 0.15) is 12.0 Å². The van der Waals surface area contributed by atoms with Crippen molar-refractivity contribution < 1.29 is 18.9 Å². The van der Waals surface area contributed by atoms with E-state index in [2.05, 4.69) is 0 Å². The van der Waals surface area contributed by atoms with E-state index < -0.39 is 5.79 Å². The standard InChI is InChI=1S/C12H16O4/c1-13-10-6-4-5-9-11(10)16-8-7-12(9,14-2)15-3/h4-6H,7-8H2,1-3H3. The molecule has 0 radical (unpaired) electrons. The van der Waals surface area contributed by atoms with Crippen LogP contribution < -0.4 is 9.47 Å². The number of para-hydroxylation sites is 1. The van der Waals surface area contributed by atoms with Crippen LogP contribution >= 0.6 is 0 Å². The molecule has 0 amide bonds. The molecular formula is C12H16O4. The molecule has 0 spiro atoms. The fraction of sp³-hybridized carbons (Fsp3) is 0.500. The van der Waals surface area contributed by atoms with Gasteiger partial charge in [-0.1, -0.05) is 6.07 Å². The quantitative estimate of drug-likeness (QED) is 0.735. The maximum atomic E-state index is 5.62. The number of hydrogen-bond donors (Lipinski definition) is 0. The summed E-state index contributed by atoms with van der Waals surface area (Å²) in [5.41, 5.74) is 0.878. The average Bonchev–Trinajstić information content (AvgIpc) is 2.37.